The number of ether oxygens (including phenoxy) is 3. The summed E-state index contributed by atoms with van der Waals surface area (Å²) in [5, 5.41) is 2.93. The summed E-state index contributed by atoms with van der Waals surface area (Å²) < 4.78 is 16.9. The molecule has 1 unspecified atom stereocenters. The molecule has 0 aliphatic rings. The topological polar surface area (TPSA) is 56.8 Å². The Hall–Kier alpha value is -2.69. The maximum absolute atomic E-state index is 12.5. The van der Waals surface area contributed by atoms with Gasteiger partial charge in [0.25, 0.3) is 5.91 Å². The number of carbonyl (C=O) groups excluding carboxylic acids is 1. The second-order valence-corrected chi connectivity index (χ2v) is 6.70. The molecule has 0 aliphatic heterocycles. The van der Waals surface area contributed by atoms with Crippen LogP contribution in [0.3, 0.4) is 0 Å². The maximum atomic E-state index is 12.5. The molecule has 146 valence electrons. The molecule has 0 bridgehead atoms. The first-order valence-corrected chi connectivity index (χ1v) is 9.27. The Bertz CT molecular complexity index is 740. The Morgan fingerprint density at radius 2 is 1.74 bits per heavy atom. The lowest BCUT2D eigenvalue weighted by Gasteiger charge is -2.18. The predicted octanol–water partition coefficient (Wildman–Crippen LogP) is 4.26. The quantitative estimate of drug-likeness (QED) is 0.715. The van der Waals surface area contributed by atoms with Crippen molar-refractivity contribution in [2.75, 3.05) is 7.11 Å². The molecule has 0 heterocycles. The van der Waals surface area contributed by atoms with Crippen LogP contribution in [0.4, 0.5) is 0 Å². The van der Waals surface area contributed by atoms with E-state index in [1.165, 1.54) is 0 Å². The highest BCUT2D eigenvalue weighted by Crippen LogP contribution is 2.29. The minimum atomic E-state index is -0.529. The summed E-state index contributed by atoms with van der Waals surface area (Å²) >= 11 is 0. The summed E-state index contributed by atoms with van der Waals surface area (Å²) in [6.45, 7) is 8.27. The Kier molecular flexibility index (Phi) is 7.53. The maximum Gasteiger partial charge on any atom is 0.261 e. The van der Waals surface area contributed by atoms with Gasteiger partial charge in [0.2, 0.25) is 0 Å². The third kappa shape index (κ3) is 6.20. The molecule has 2 rings (SSSR count). The van der Waals surface area contributed by atoms with Crippen molar-refractivity contribution in [2.45, 2.75) is 52.9 Å². The van der Waals surface area contributed by atoms with Crippen molar-refractivity contribution in [2.24, 2.45) is 0 Å². The monoisotopic (exact) mass is 371 g/mol. The van der Waals surface area contributed by atoms with Crippen molar-refractivity contribution in [3.05, 3.63) is 53.6 Å². The van der Waals surface area contributed by atoms with Gasteiger partial charge in [-0.2, -0.15) is 0 Å². The lowest BCUT2D eigenvalue weighted by molar-refractivity contribution is -0.128. The smallest absolute Gasteiger partial charge is 0.261 e. The van der Waals surface area contributed by atoms with E-state index >= 15 is 0 Å². The van der Waals surface area contributed by atoms with Crippen molar-refractivity contribution in [3.8, 4) is 17.2 Å². The van der Waals surface area contributed by atoms with Crippen molar-refractivity contribution in [1.82, 2.24) is 5.32 Å². The predicted molar refractivity (Wildman–Crippen MR) is 106 cm³/mol. The summed E-state index contributed by atoms with van der Waals surface area (Å²) in [6, 6.07) is 13.3. The van der Waals surface area contributed by atoms with Crippen LogP contribution in [0.1, 0.15) is 38.3 Å². The van der Waals surface area contributed by atoms with Gasteiger partial charge in [0.15, 0.2) is 17.6 Å². The standard InChI is InChI=1S/C22H29NO4/c1-6-19(27-18-10-7-16(4)8-11-18)22(24)23-14-17-9-12-20(26-15(2)3)21(13-17)25-5/h7-13,15,19H,6,14H2,1-5H3,(H,23,24). The average molecular weight is 371 g/mol. The van der Waals surface area contributed by atoms with Gasteiger partial charge in [-0.05, 0) is 57.0 Å². The van der Waals surface area contributed by atoms with Crippen LogP contribution >= 0.6 is 0 Å². The second kappa shape index (κ2) is 9.86. The van der Waals surface area contributed by atoms with E-state index in [-0.39, 0.29) is 12.0 Å². The van der Waals surface area contributed by atoms with Crippen LogP contribution in [0.25, 0.3) is 0 Å². The highest BCUT2D eigenvalue weighted by molar-refractivity contribution is 5.81. The molecule has 1 N–H and O–H groups in total. The van der Waals surface area contributed by atoms with Crippen LogP contribution in [-0.4, -0.2) is 25.2 Å². The number of methoxy groups -OCH3 is 1. The first-order valence-electron chi connectivity index (χ1n) is 9.27. The molecule has 5 heteroatoms. The van der Waals surface area contributed by atoms with E-state index in [1.54, 1.807) is 7.11 Å². The second-order valence-electron chi connectivity index (χ2n) is 6.70. The summed E-state index contributed by atoms with van der Waals surface area (Å²) in [6.07, 6.45) is 0.122. The number of benzene rings is 2. The zero-order valence-corrected chi connectivity index (χ0v) is 16.7. The van der Waals surface area contributed by atoms with Gasteiger partial charge in [-0.25, -0.2) is 0 Å². The Morgan fingerprint density at radius 1 is 1.04 bits per heavy atom. The Balaban J connectivity index is 1.97. The van der Waals surface area contributed by atoms with E-state index in [0.717, 1.165) is 11.1 Å². The molecule has 0 saturated heterocycles. The number of hydrogen-bond acceptors (Lipinski definition) is 4. The summed E-state index contributed by atoms with van der Waals surface area (Å²) in [5.41, 5.74) is 2.08. The van der Waals surface area contributed by atoms with E-state index in [1.807, 2.05) is 70.2 Å². The Morgan fingerprint density at radius 3 is 2.33 bits per heavy atom. The van der Waals surface area contributed by atoms with Gasteiger partial charge in [-0.3, -0.25) is 4.79 Å². The summed E-state index contributed by atoms with van der Waals surface area (Å²) in [4.78, 5) is 12.5. The molecular weight excluding hydrogens is 342 g/mol. The summed E-state index contributed by atoms with van der Waals surface area (Å²) in [5.74, 6) is 1.90. The fourth-order valence-electron chi connectivity index (χ4n) is 2.58. The van der Waals surface area contributed by atoms with Crippen LogP contribution in [0, 0.1) is 6.92 Å². The zero-order chi connectivity index (χ0) is 19.8. The van der Waals surface area contributed by atoms with Gasteiger partial charge in [0.05, 0.1) is 13.2 Å². The number of amides is 1. The molecule has 2 aromatic carbocycles. The lowest BCUT2D eigenvalue weighted by atomic mass is 10.2. The molecule has 0 radical (unpaired) electrons. The zero-order valence-electron chi connectivity index (χ0n) is 16.7. The molecule has 1 amide bonds. The molecule has 0 aromatic heterocycles. The van der Waals surface area contributed by atoms with Crippen LogP contribution in [0.5, 0.6) is 17.2 Å². The van der Waals surface area contributed by atoms with Gasteiger partial charge < -0.3 is 19.5 Å². The highest BCUT2D eigenvalue weighted by atomic mass is 16.5. The van der Waals surface area contributed by atoms with E-state index < -0.39 is 6.10 Å². The summed E-state index contributed by atoms with van der Waals surface area (Å²) in [7, 11) is 1.60. The van der Waals surface area contributed by atoms with Crippen LogP contribution in [0.2, 0.25) is 0 Å². The molecule has 0 fully saturated rings. The van der Waals surface area contributed by atoms with Gasteiger partial charge in [0.1, 0.15) is 5.75 Å². The van der Waals surface area contributed by atoms with Gasteiger partial charge in [-0.1, -0.05) is 30.7 Å². The van der Waals surface area contributed by atoms with Gasteiger partial charge in [0, 0.05) is 6.54 Å². The minimum Gasteiger partial charge on any atom is -0.493 e. The van der Waals surface area contributed by atoms with E-state index in [0.29, 0.717) is 30.2 Å². The highest BCUT2D eigenvalue weighted by Gasteiger charge is 2.18. The first-order chi connectivity index (χ1) is 12.9. The van der Waals surface area contributed by atoms with E-state index in [9.17, 15) is 4.79 Å². The van der Waals surface area contributed by atoms with Gasteiger partial charge in [-0.15, -0.1) is 0 Å². The van der Waals surface area contributed by atoms with Crippen molar-refractivity contribution in [3.63, 3.8) is 0 Å². The number of aryl methyl sites for hydroxylation is 1. The number of hydrogen-bond donors (Lipinski definition) is 1. The lowest BCUT2D eigenvalue weighted by Crippen LogP contribution is -2.37. The molecule has 0 spiro atoms. The minimum absolute atomic E-state index is 0.0636. The fraction of sp³-hybridized carbons (Fsp3) is 0.409. The normalized spacial score (nSPS) is 11.8. The van der Waals surface area contributed by atoms with Crippen molar-refractivity contribution < 1.29 is 19.0 Å². The van der Waals surface area contributed by atoms with Crippen LogP contribution in [0.15, 0.2) is 42.5 Å². The molecule has 5 nitrogen and oxygen atoms in total. The fourth-order valence-corrected chi connectivity index (χ4v) is 2.58. The molecular formula is C22H29NO4. The number of nitrogens with one attached hydrogen (secondary N) is 1. The molecule has 2 aromatic rings. The molecule has 27 heavy (non-hydrogen) atoms. The van der Waals surface area contributed by atoms with Crippen LogP contribution < -0.4 is 19.5 Å². The molecule has 0 saturated carbocycles. The molecule has 1 atom stereocenters. The average Bonchev–Trinajstić information content (AvgIpc) is 2.66. The van der Waals surface area contributed by atoms with Gasteiger partial charge >= 0.3 is 0 Å². The largest absolute Gasteiger partial charge is 0.493 e. The Labute approximate surface area is 161 Å². The third-order valence-electron chi connectivity index (χ3n) is 4.02. The SMILES string of the molecule is CCC(Oc1ccc(C)cc1)C(=O)NCc1ccc(OC(C)C)c(OC)c1. The van der Waals surface area contributed by atoms with Crippen LogP contribution in [-0.2, 0) is 11.3 Å². The number of carbonyl (C=O) groups is 1. The molecule has 0 aliphatic carbocycles. The van der Waals surface area contributed by atoms with Crippen molar-refractivity contribution in [1.29, 1.82) is 0 Å². The van der Waals surface area contributed by atoms with E-state index in [4.69, 9.17) is 14.2 Å². The first kappa shape index (κ1) is 20.6. The van der Waals surface area contributed by atoms with Crippen molar-refractivity contribution >= 4 is 5.91 Å². The van der Waals surface area contributed by atoms with E-state index in [2.05, 4.69) is 5.32 Å². The third-order valence-corrected chi connectivity index (χ3v) is 4.02. The number of rotatable bonds is 9.